The summed E-state index contributed by atoms with van der Waals surface area (Å²) in [5.74, 6) is -0.589. The Balaban J connectivity index is 0. The molecule has 0 aliphatic heterocycles. The normalized spacial score (nSPS) is 13.2. The van der Waals surface area contributed by atoms with Crippen molar-refractivity contribution in [2.45, 2.75) is 130 Å². The molecule has 0 heterocycles. The van der Waals surface area contributed by atoms with Gasteiger partial charge in [-0.1, -0.05) is 110 Å². The first-order valence-electron chi connectivity index (χ1n) is 10.8. The molecule has 0 bridgehead atoms. The van der Waals surface area contributed by atoms with E-state index in [1.54, 1.807) is 0 Å². The van der Waals surface area contributed by atoms with Crippen molar-refractivity contribution in [1.29, 1.82) is 0 Å². The van der Waals surface area contributed by atoms with E-state index in [0.29, 0.717) is 0 Å². The van der Waals surface area contributed by atoms with Crippen molar-refractivity contribution >= 4 is 57.4 Å². The van der Waals surface area contributed by atoms with E-state index >= 15 is 0 Å². The number of carbonyl (C=O) groups is 1. The van der Waals surface area contributed by atoms with E-state index in [4.69, 9.17) is 0 Å². The van der Waals surface area contributed by atoms with Gasteiger partial charge in [-0.05, 0) is 19.8 Å². The minimum absolute atomic E-state index is 0. The number of hydrogen-bond acceptors (Lipinski definition) is 1. The van der Waals surface area contributed by atoms with Gasteiger partial charge >= 0.3 is 57.4 Å². The Morgan fingerprint density at radius 1 is 0.640 bits per heavy atom. The van der Waals surface area contributed by atoms with E-state index in [1.165, 1.54) is 83.5 Å². The molecule has 1 atom stereocenters. The molecule has 3 heteroatoms. The predicted molar refractivity (Wildman–Crippen MR) is 113 cm³/mol. The molecule has 0 aromatic heterocycles. The van der Waals surface area contributed by atoms with Gasteiger partial charge in [-0.25, -0.2) is 0 Å². The number of hydrogen-bond donors (Lipinski definition) is 1. The minimum atomic E-state index is -0.589. The van der Waals surface area contributed by atoms with Gasteiger partial charge in [-0.15, -0.1) is 0 Å². The molecule has 2 nitrogen and oxygen atoms in total. The van der Waals surface area contributed by atoms with Crippen LogP contribution >= 0.6 is 0 Å². The Bertz CT molecular complexity index is 294. The van der Waals surface area contributed by atoms with Crippen LogP contribution in [0, 0.1) is 5.41 Å². The summed E-state index contributed by atoms with van der Waals surface area (Å²) in [6, 6.07) is 0. The summed E-state index contributed by atoms with van der Waals surface area (Å²) in [6.07, 6.45) is 20.9. The second kappa shape index (κ2) is 19.9. The zero-order valence-corrected chi connectivity index (χ0v) is 16.9. The Morgan fingerprint density at radius 3 is 1.20 bits per heavy atom. The average Bonchev–Trinajstić information content (AvgIpc) is 2.56. The molecule has 0 spiro atoms. The summed E-state index contributed by atoms with van der Waals surface area (Å²) in [4.78, 5) is 11.6. The zero-order chi connectivity index (χ0) is 18.1. The first-order valence-corrected chi connectivity index (χ1v) is 10.8. The molecule has 0 aliphatic carbocycles. The molecule has 0 saturated carbocycles. The average molecular weight is 381 g/mol. The van der Waals surface area contributed by atoms with Crippen LogP contribution in [0.2, 0.25) is 0 Å². The molecule has 0 aromatic rings. The van der Waals surface area contributed by atoms with Gasteiger partial charge in [0, 0.05) is 0 Å². The van der Waals surface area contributed by atoms with Gasteiger partial charge in [0.25, 0.3) is 0 Å². The maximum absolute atomic E-state index is 11.6. The van der Waals surface area contributed by atoms with E-state index in [1.807, 2.05) is 6.92 Å². The number of aliphatic carboxylic acids is 1. The third-order valence-corrected chi connectivity index (χ3v) is 5.43. The molecule has 0 fully saturated rings. The van der Waals surface area contributed by atoms with Crippen LogP contribution in [0.4, 0.5) is 0 Å². The molecular weight excluding hydrogens is 335 g/mol. The third kappa shape index (κ3) is 17.0. The molecule has 0 radical (unpaired) electrons. The van der Waals surface area contributed by atoms with Gasteiger partial charge in [0.05, 0.1) is 5.41 Å². The molecule has 1 unspecified atom stereocenters. The summed E-state index contributed by atoms with van der Waals surface area (Å²) in [5, 5.41) is 9.58. The number of carboxylic acid groups (broad SMARTS) is 1. The first kappa shape index (κ1) is 28.3. The summed E-state index contributed by atoms with van der Waals surface area (Å²) >= 11 is 0. The molecule has 1 N–H and O–H groups in total. The maximum atomic E-state index is 11.6. The molecule has 146 valence electrons. The van der Waals surface area contributed by atoms with Crippen LogP contribution in [0.15, 0.2) is 0 Å². The van der Waals surface area contributed by atoms with Gasteiger partial charge in [-0.3, -0.25) is 4.79 Å². The van der Waals surface area contributed by atoms with E-state index in [0.717, 1.165) is 25.7 Å². The van der Waals surface area contributed by atoms with Crippen molar-refractivity contribution in [2.24, 2.45) is 5.41 Å². The SMILES string of the molecule is CCCCCCCCCCCCC(C)(CCCCCCC)C(=O)O.[KH]. The molecule has 0 aliphatic rings. The molecule has 25 heavy (non-hydrogen) atoms. The number of rotatable bonds is 18. The van der Waals surface area contributed by atoms with Gasteiger partial charge in [0.2, 0.25) is 0 Å². The first-order chi connectivity index (χ1) is 11.6. The fraction of sp³-hybridized carbons (Fsp3) is 0.955. The van der Waals surface area contributed by atoms with Crippen LogP contribution in [-0.2, 0) is 4.79 Å². The number of unbranched alkanes of at least 4 members (excludes halogenated alkanes) is 13. The van der Waals surface area contributed by atoms with E-state index in [-0.39, 0.29) is 51.4 Å². The molecule has 0 rings (SSSR count). The summed E-state index contributed by atoms with van der Waals surface area (Å²) in [5.41, 5.74) is -0.494. The van der Waals surface area contributed by atoms with Crippen molar-refractivity contribution in [3.8, 4) is 0 Å². The van der Waals surface area contributed by atoms with Crippen molar-refractivity contribution in [3.63, 3.8) is 0 Å². The Hall–Kier alpha value is 1.11. The van der Waals surface area contributed by atoms with Gasteiger partial charge in [0.15, 0.2) is 0 Å². The monoisotopic (exact) mass is 380 g/mol. The van der Waals surface area contributed by atoms with E-state index < -0.39 is 11.4 Å². The van der Waals surface area contributed by atoms with Gasteiger partial charge < -0.3 is 5.11 Å². The standard InChI is InChI=1S/C22H44O2.K.H/c1-4-6-8-10-11-12-13-14-16-18-20-22(3,21(23)24)19-17-15-9-7-5-2;;/h4-20H2,1-3H3,(H,23,24);;. The van der Waals surface area contributed by atoms with Crippen molar-refractivity contribution in [3.05, 3.63) is 0 Å². The second-order valence-electron chi connectivity index (χ2n) is 7.96. The number of carboxylic acids is 1. The summed E-state index contributed by atoms with van der Waals surface area (Å²) < 4.78 is 0. The van der Waals surface area contributed by atoms with E-state index in [2.05, 4.69) is 13.8 Å². The van der Waals surface area contributed by atoms with Crippen molar-refractivity contribution in [1.82, 2.24) is 0 Å². The van der Waals surface area contributed by atoms with Crippen molar-refractivity contribution < 1.29 is 9.90 Å². The van der Waals surface area contributed by atoms with Crippen LogP contribution in [0.3, 0.4) is 0 Å². The van der Waals surface area contributed by atoms with Crippen LogP contribution in [0.25, 0.3) is 0 Å². The zero-order valence-electron chi connectivity index (χ0n) is 16.9. The Morgan fingerprint density at radius 2 is 0.920 bits per heavy atom. The Labute approximate surface area is 200 Å². The van der Waals surface area contributed by atoms with Crippen molar-refractivity contribution in [2.75, 3.05) is 0 Å². The van der Waals surface area contributed by atoms with Gasteiger partial charge in [0.1, 0.15) is 0 Å². The summed E-state index contributed by atoms with van der Waals surface area (Å²) in [6.45, 7) is 6.44. The van der Waals surface area contributed by atoms with Crippen LogP contribution in [0.1, 0.15) is 130 Å². The van der Waals surface area contributed by atoms with E-state index in [9.17, 15) is 9.90 Å². The molecule has 0 amide bonds. The van der Waals surface area contributed by atoms with Crippen LogP contribution < -0.4 is 0 Å². The molecule has 0 saturated heterocycles. The summed E-state index contributed by atoms with van der Waals surface area (Å²) in [7, 11) is 0. The molecule has 0 aromatic carbocycles. The topological polar surface area (TPSA) is 37.3 Å². The van der Waals surface area contributed by atoms with Crippen LogP contribution in [-0.4, -0.2) is 62.5 Å². The third-order valence-electron chi connectivity index (χ3n) is 5.43. The fourth-order valence-corrected chi connectivity index (χ4v) is 3.46. The molecular formula is C22H45KO2. The quantitative estimate of drug-likeness (QED) is 0.203. The fourth-order valence-electron chi connectivity index (χ4n) is 3.46. The second-order valence-corrected chi connectivity index (χ2v) is 7.96. The van der Waals surface area contributed by atoms with Gasteiger partial charge in [-0.2, -0.15) is 0 Å². The predicted octanol–water partition coefficient (Wildman–Crippen LogP) is 7.10. The van der Waals surface area contributed by atoms with Crippen LogP contribution in [0.5, 0.6) is 0 Å². The Kier molecular flexibility index (Phi) is 22.5.